The summed E-state index contributed by atoms with van der Waals surface area (Å²) in [7, 11) is 0. The van der Waals surface area contributed by atoms with Crippen molar-refractivity contribution >= 4 is 87.5 Å². The van der Waals surface area contributed by atoms with Gasteiger partial charge in [-0.2, -0.15) is 21.0 Å². The van der Waals surface area contributed by atoms with Crippen molar-refractivity contribution in [3.05, 3.63) is 168 Å². The van der Waals surface area contributed by atoms with E-state index in [4.69, 9.17) is 8.83 Å². The first-order valence-electron chi connectivity index (χ1n) is 19.2. The number of nitrogens with zero attached hydrogens (tertiary/aromatic N) is 6. The Bertz CT molecular complexity index is 4070. The number of hydrogen-bond donors (Lipinski definition) is 0. The van der Waals surface area contributed by atoms with E-state index in [-0.39, 0.29) is 22.3 Å². The Hall–Kier alpha value is -9.08. The van der Waals surface area contributed by atoms with Crippen molar-refractivity contribution in [1.82, 2.24) is 9.13 Å². The van der Waals surface area contributed by atoms with Crippen LogP contribution in [0.5, 0.6) is 0 Å². The van der Waals surface area contributed by atoms with Crippen LogP contribution in [0.2, 0.25) is 0 Å². The van der Waals surface area contributed by atoms with Gasteiger partial charge in [-0.1, -0.05) is 78.9 Å². The summed E-state index contributed by atoms with van der Waals surface area (Å²) in [5.74, 6) is 0. The fourth-order valence-electron chi connectivity index (χ4n) is 9.44. The Balaban J connectivity index is 1.21. The van der Waals surface area contributed by atoms with E-state index in [1.165, 1.54) is 0 Å². The normalized spacial score (nSPS) is 11.6. The van der Waals surface area contributed by atoms with Gasteiger partial charge in [0.05, 0.1) is 78.6 Å². The number of hydrogen-bond acceptors (Lipinski definition) is 6. The molecule has 8 heteroatoms. The van der Waals surface area contributed by atoms with Crippen molar-refractivity contribution < 1.29 is 8.83 Å². The molecule has 60 heavy (non-hydrogen) atoms. The molecule has 12 aromatic rings. The van der Waals surface area contributed by atoms with Gasteiger partial charge >= 0.3 is 0 Å². The van der Waals surface area contributed by atoms with E-state index in [9.17, 15) is 21.0 Å². The molecule has 0 spiro atoms. The van der Waals surface area contributed by atoms with Gasteiger partial charge in [0, 0.05) is 43.4 Å². The molecule has 8 aromatic carbocycles. The van der Waals surface area contributed by atoms with Crippen molar-refractivity contribution in [2.45, 2.75) is 0 Å². The summed E-state index contributed by atoms with van der Waals surface area (Å²) >= 11 is 0. The minimum Gasteiger partial charge on any atom is -0.455 e. The average Bonchev–Trinajstić information content (AvgIpc) is 4.05. The molecule has 12 rings (SSSR count). The van der Waals surface area contributed by atoms with Crippen LogP contribution in [0.25, 0.3) is 110 Å². The standard InChI is InChI=1S/C52H24N6O2/c53-25-29-23-31(27-55)47(44(24-29)57-40-13-5-1-11-37(40)48-42(57)21-19-35-32-9-3-7-15-45(32)59-51(35)48)34-18-17-30(26-54)50(39(34)28-56)58-41-14-6-2-12-38(41)49-43(58)22-20-36-33-10-4-8-16-46(33)60-52(36)49/h1-24H. The molecule has 0 fully saturated rings. The Morgan fingerprint density at radius 1 is 0.417 bits per heavy atom. The topological polar surface area (TPSA) is 131 Å². The first kappa shape index (κ1) is 33.1. The first-order chi connectivity index (χ1) is 29.6. The molecule has 0 unspecified atom stereocenters. The van der Waals surface area contributed by atoms with E-state index < -0.39 is 0 Å². The van der Waals surface area contributed by atoms with E-state index in [0.29, 0.717) is 28.1 Å². The molecule has 4 aromatic heterocycles. The third kappa shape index (κ3) is 4.28. The Labute approximate surface area is 340 Å². The van der Waals surface area contributed by atoms with Crippen molar-refractivity contribution in [3.8, 4) is 46.8 Å². The summed E-state index contributed by atoms with van der Waals surface area (Å²) in [4.78, 5) is 0. The monoisotopic (exact) mass is 764 g/mol. The summed E-state index contributed by atoms with van der Waals surface area (Å²) in [5, 5.41) is 50.9. The fraction of sp³-hybridized carbons (Fsp3) is 0. The number of furan rings is 2. The summed E-state index contributed by atoms with van der Waals surface area (Å²) in [6.45, 7) is 0. The first-order valence-corrected chi connectivity index (χ1v) is 19.2. The van der Waals surface area contributed by atoms with Gasteiger partial charge in [-0.3, -0.25) is 0 Å². The van der Waals surface area contributed by atoms with Crippen LogP contribution in [0.4, 0.5) is 0 Å². The van der Waals surface area contributed by atoms with Crippen LogP contribution in [0, 0.1) is 45.3 Å². The lowest BCUT2D eigenvalue weighted by Crippen LogP contribution is -2.06. The predicted octanol–water partition coefficient (Wildman–Crippen LogP) is 12.8. The third-order valence-electron chi connectivity index (χ3n) is 11.9. The second-order valence-corrected chi connectivity index (χ2v) is 14.8. The molecule has 4 heterocycles. The fourth-order valence-corrected chi connectivity index (χ4v) is 9.44. The number of benzene rings is 8. The zero-order valence-electron chi connectivity index (χ0n) is 31.4. The lowest BCUT2D eigenvalue weighted by atomic mass is 9.90. The van der Waals surface area contributed by atoms with Crippen molar-refractivity contribution in [1.29, 1.82) is 21.0 Å². The maximum absolute atomic E-state index is 11.4. The zero-order valence-corrected chi connectivity index (χ0v) is 31.4. The second-order valence-electron chi connectivity index (χ2n) is 14.8. The van der Waals surface area contributed by atoms with Crippen molar-refractivity contribution in [2.24, 2.45) is 0 Å². The Kier molecular flexibility index (Phi) is 6.73. The van der Waals surface area contributed by atoms with Gasteiger partial charge in [0.25, 0.3) is 0 Å². The highest BCUT2D eigenvalue weighted by Crippen LogP contribution is 2.46. The Morgan fingerprint density at radius 2 is 0.950 bits per heavy atom. The second kappa shape index (κ2) is 12.2. The molecule has 0 radical (unpaired) electrons. The maximum atomic E-state index is 11.4. The highest BCUT2D eigenvalue weighted by Gasteiger charge is 2.28. The molecule has 0 aliphatic rings. The number of fused-ring (bicyclic) bond motifs is 14. The van der Waals surface area contributed by atoms with Crippen LogP contribution in [0.15, 0.2) is 154 Å². The quantitative estimate of drug-likeness (QED) is 0.176. The van der Waals surface area contributed by atoms with E-state index >= 15 is 0 Å². The smallest absolute Gasteiger partial charge is 0.145 e. The Morgan fingerprint density at radius 3 is 1.52 bits per heavy atom. The van der Waals surface area contributed by atoms with Crippen LogP contribution in [0.3, 0.4) is 0 Å². The summed E-state index contributed by atoms with van der Waals surface area (Å²) in [6.07, 6.45) is 0. The van der Waals surface area contributed by atoms with Gasteiger partial charge < -0.3 is 18.0 Å². The van der Waals surface area contributed by atoms with Crippen molar-refractivity contribution in [3.63, 3.8) is 0 Å². The van der Waals surface area contributed by atoms with Crippen LogP contribution >= 0.6 is 0 Å². The molecule has 0 amide bonds. The molecule has 0 atom stereocenters. The highest BCUT2D eigenvalue weighted by molar-refractivity contribution is 6.25. The number of aromatic nitrogens is 2. The van der Waals surface area contributed by atoms with Crippen molar-refractivity contribution in [2.75, 3.05) is 0 Å². The van der Waals surface area contributed by atoms with Gasteiger partial charge in [0.15, 0.2) is 0 Å². The van der Waals surface area contributed by atoms with E-state index in [1.54, 1.807) is 24.3 Å². The van der Waals surface area contributed by atoms with Gasteiger partial charge in [-0.15, -0.1) is 0 Å². The summed E-state index contributed by atoms with van der Waals surface area (Å²) in [6, 6.07) is 56.1. The zero-order chi connectivity index (χ0) is 40.2. The molecule has 0 aliphatic carbocycles. The van der Waals surface area contributed by atoms with Crippen LogP contribution in [0.1, 0.15) is 22.3 Å². The van der Waals surface area contributed by atoms with Crippen LogP contribution in [-0.4, -0.2) is 9.13 Å². The maximum Gasteiger partial charge on any atom is 0.145 e. The molecular formula is C52H24N6O2. The molecule has 0 saturated carbocycles. The summed E-state index contributed by atoms with van der Waals surface area (Å²) in [5.41, 5.74) is 8.90. The molecule has 0 aliphatic heterocycles. The summed E-state index contributed by atoms with van der Waals surface area (Å²) < 4.78 is 17.1. The molecule has 8 nitrogen and oxygen atoms in total. The molecule has 0 bridgehead atoms. The van der Waals surface area contributed by atoms with Gasteiger partial charge in [-0.25, -0.2) is 0 Å². The minimum absolute atomic E-state index is 0.198. The minimum atomic E-state index is 0.198. The SMILES string of the molecule is N#Cc1cc(C#N)c(-c2ccc(C#N)c(-n3c4ccccc4c4c5oc6ccccc6c5ccc43)c2C#N)c(-n2c3ccccc3c3c4oc5ccccc5c4ccc32)c1. The third-order valence-corrected chi connectivity index (χ3v) is 11.9. The predicted molar refractivity (Wildman–Crippen MR) is 234 cm³/mol. The largest absolute Gasteiger partial charge is 0.455 e. The number of para-hydroxylation sites is 4. The number of nitriles is 4. The van der Waals surface area contributed by atoms with Gasteiger partial charge in [-0.05, 0) is 66.7 Å². The van der Waals surface area contributed by atoms with Gasteiger partial charge in [0.1, 0.15) is 34.5 Å². The molecular weight excluding hydrogens is 741 g/mol. The average molecular weight is 765 g/mol. The molecule has 0 saturated heterocycles. The molecule has 274 valence electrons. The van der Waals surface area contributed by atoms with Crippen LogP contribution < -0.4 is 0 Å². The van der Waals surface area contributed by atoms with Gasteiger partial charge in [0.2, 0.25) is 0 Å². The lowest BCUT2D eigenvalue weighted by Gasteiger charge is -2.20. The molecule has 0 N–H and O–H groups in total. The number of rotatable bonds is 3. The van der Waals surface area contributed by atoms with E-state index in [0.717, 1.165) is 81.9 Å². The van der Waals surface area contributed by atoms with E-state index in [2.05, 4.69) is 24.3 Å². The van der Waals surface area contributed by atoms with Crippen LogP contribution in [-0.2, 0) is 0 Å². The lowest BCUT2D eigenvalue weighted by molar-refractivity contribution is 0.672. The highest BCUT2D eigenvalue weighted by atomic mass is 16.3. The van der Waals surface area contributed by atoms with E-state index in [1.807, 2.05) is 130 Å².